The second-order valence-electron chi connectivity index (χ2n) is 10.8. The van der Waals surface area contributed by atoms with E-state index in [1.807, 2.05) is 0 Å². The lowest BCUT2D eigenvalue weighted by Crippen LogP contribution is -2.09. The summed E-state index contributed by atoms with van der Waals surface area (Å²) in [5.74, 6) is 0. The van der Waals surface area contributed by atoms with Crippen molar-refractivity contribution in [1.29, 1.82) is 0 Å². The highest BCUT2D eigenvalue weighted by atomic mass is 15.1. The van der Waals surface area contributed by atoms with Gasteiger partial charge in [-0.1, -0.05) is 84.4 Å². The summed E-state index contributed by atoms with van der Waals surface area (Å²) in [5, 5.41) is 2.46. The molecule has 0 N–H and O–H groups in total. The Bertz CT molecular complexity index is 2100. The summed E-state index contributed by atoms with van der Waals surface area (Å²) >= 11 is 0. The van der Waals surface area contributed by atoms with Crippen molar-refractivity contribution in [2.75, 3.05) is 4.90 Å². The summed E-state index contributed by atoms with van der Waals surface area (Å²) in [5.41, 5.74) is 11.8. The molecule has 3 nitrogen and oxygen atoms in total. The maximum Gasteiger partial charge on any atom is 0.0804 e. The topological polar surface area (TPSA) is 13.1 Å². The molecule has 0 aliphatic carbocycles. The van der Waals surface area contributed by atoms with Crippen LogP contribution in [-0.4, -0.2) is 9.13 Å². The van der Waals surface area contributed by atoms with Crippen LogP contribution < -0.4 is 4.90 Å². The van der Waals surface area contributed by atoms with Crippen LogP contribution >= 0.6 is 0 Å². The van der Waals surface area contributed by atoms with Crippen molar-refractivity contribution < 1.29 is 0 Å². The van der Waals surface area contributed by atoms with Crippen molar-refractivity contribution in [2.45, 2.75) is 6.92 Å². The van der Waals surface area contributed by atoms with Crippen molar-refractivity contribution in [3.05, 3.63) is 163 Å². The fraction of sp³-hybridized carbons (Fsp3) is 0.0256. The molecule has 2 aromatic heterocycles. The van der Waals surface area contributed by atoms with Crippen LogP contribution in [-0.2, 0) is 0 Å². The lowest BCUT2D eigenvalue weighted by atomic mass is 10.1. The predicted molar refractivity (Wildman–Crippen MR) is 177 cm³/mol. The smallest absolute Gasteiger partial charge is 0.0804 e. The summed E-state index contributed by atoms with van der Waals surface area (Å²) in [6, 6.07) is 56.4. The van der Waals surface area contributed by atoms with E-state index in [2.05, 4.69) is 179 Å². The first-order valence-corrected chi connectivity index (χ1v) is 14.4. The fourth-order valence-corrected chi connectivity index (χ4v) is 6.32. The third kappa shape index (κ3) is 3.82. The van der Waals surface area contributed by atoms with Gasteiger partial charge < -0.3 is 14.0 Å². The van der Waals surface area contributed by atoms with E-state index in [0.29, 0.717) is 0 Å². The molecule has 0 saturated carbocycles. The zero-order chi connectivity index (χ0) is 28.0. The average molecular weight is 540 g/mol. The van der Waals surface area contributed by atoms with Gasteiger partial charge >= 0.3 is 0 Å². The van der Waals surface area contributed by atoms with Crippen molar-refractivity contribution in [3.8, 4) is 11.4 Å². The minimum atomic E-state index is 1.12. The van der Waals surface area contributed by atoms with E-state index in [0.717, 1.165) is 28.4 Å². The molecule has 3 heteroatoms. The molecule has 0 aliphatic rings. The lowest BCUT2D eigenvalue weighted by Gasteiger charge is -2.25. The number of anilines is 3. The number of aromatic nitrogens is 2. The lowest BCUT2D eigenvalue weighted by molar-refractivity contribution is 1.17. The van der Waals surface area contributed by atoms with Gasteiger partial charge in [0.15, 0.2) is 0 Å². The van der Waals surface area contributed by atoms with E-state index in [4.69, 9.17) is 0 Å². The largest absolute Gasteiger partial charge is 0.310 e. The van der Waals surface area contributed by atoms with Crippen LogP contribution in [0.1, 0.15) is 5.56 Å². The van der Waals surface area contributed by atoms with Crippen molar-refractivity contribution in [3.63, 3.8) is 0 Å². The first-order valence-electron chi connectivity index (χ1n) is 14.4. The van der Waals surface area contributed by atoms with Crippen LogP contribution in [0, 0.1) is 6.92 Å². The maximum atomic E-state index is 2.44. The Morgan fingerprint density at radius 3 is 1.33 bits per heavy atom. The number of hydrogen-bond donors (Lipinski definition) is 0. The number of nitrogens with zero attached hydrogens (tertiary/aromatic N) is 3. The molecule has 0 bridgehead atoms. The molecule has 0 fully saturated rings. The molecule has 0 unspecified atom stereocenters. The molecular weight excluding hydrogens is 510 g/mol. The average Bonchev–Trinajstić information content (AvgIpc) is 3.55. The van der Waals surface area contributed by atoms with Gasteiger partial charge in [0.1, 0.15) is 0 Å². The highest BCUT2D eigenvalue weighted by molar-refractivity contribution is 6.20. The van der Waals surface area contributed by atoms with Crippen molar-refractivity contribution >= 4 is 49.9 Å². The number of aryl methyl sites for hydroxylation is 1. The van der Waals surface area contributed by atoms with E-state index in [1.54, 1.807) is 0 Å². The van der Waals surface area contributed by atoms with Crippen molar-refractivity contribution in [1.82, 2.24) is 9.13 Å². The second kappa shape index (κ2) is 9.83. The van der Waals surface area contributed by atoms with Gasteiger partial charge in [0.05, 0.1) is 22.1 Å². The zero-order valence-corrected chi connectivity index (χ0v) is 23.4. The Morgan fingerprint density at radius 2 is 0.833 bits per heavy atom. The Labute approximate surface area is 245 Å². The predicted octanol–water partition coefficient (Wildman–Crippen LogP) is 10.5. The van der Waals surface area contributed by atoms with Gasteiger partial charge in [-0.25, -0.2) is 0 Å². The molecule has 0 aliphatic heterocycles. The van der Waals surface area contributed by atoms with Crippen LogP contribution in [0.15, 0.2) is 158 Å². The van der Waals surface area contributed by atoms with Crippen LogP contribution in [0.4, 0.5) is 17.1 Å². The van der Waals surface area contributed by atoms with Crippen LogP contribution in [0.2, 0.25) is 0 Å². The van der Waals surface area contributed by atoms with Gasteiger partial charge in [-0.3, -0.25) is 0 Å². The molecule has 0 amide bonds. The van der Waals surface area contributed by atoms with E-state index in [1.165, 1.54) is 38.4 Å². The van der Waals surface area contributed by atoms with Gasteiger partial charge in [-0.15, -0.1) is 0 Å². The Morgan fingerprint density at radius 1 is 0.405 bits per heavy atom. The molecule has 0 saturated heterocycles. The standard InChI is InChI=1S/C39H29N3/c1-28-22-24-36-34(26-28)38-39(41(36)31-18-10-4-11-19-31)35-27-33(23-25-37(35)42(38)32-20-12-5-13-21-32)40(29-14-6-2-7-15-29)30-16-8-3-9-17-30/h2-27H,1H3. The highest BCUT2D eigenvalue weighted by Crippen LogP contribution is 2.43. The number of benzene rings is 6. The SMILES string of the molecule is Cc1ccc2c(c1)c1c(c3cc(N(c4ccccc4)c4ccccc4)ccc3n1-c1ccccc1)n2-c1ccccc1. The second-order valence-corrected chi connectivity index (χ2v) is 10.8. The Hall–Kier alpha value is -5.54. The molecule has 0 atom stereocenters. The van der Waals surface area contributed by atoms with E-state index in [9.17, 15) is 0 Å². The summed E-state index contributed by atoms with van der Waals surface area (Å²) in [6.07, 6.45) is 0. The third-order valence-electron chi connectivity index (χ3n) is 8.11. The summed E-state index contributed by atoms with van der Waals surface area (Å²) in [4.78, 5) is 2.34. The minimum Gasteiger partial charge on any atom is -0.310 e. The third-order valence-corrected chi connectivity index (χ3v) is 8.11. The summed E-state index contributed by atoms with van der Waals surface area (Å²) in [7, 11) is 0. The van der Waals surface area contributed by atoms with Gasteiger partial charge in [0.25, 0.3) is 0 Å². The molecule has 42 heavy (non-hydrogen) atoms. The molecule has 2 heterocycles. The Kier molecular flexibility index (Phi) is 5.68. The molecule has 0 spiro atoms. The molecule has 8 rings (SSSR count). The first-order chi connectivity index (χ1) is 20.8. The Balaban J connectivity index is 1.53. The van der Waals surface area contributed by atoms with Gasteiger partial charge in [0.2, 0.25) is 0 Å². The van der Waals surface area contributed by atoms with E-state index < -0.39 is 0 Å². The van der Waals surface area contributed by atoms with Gasteiger partial charge in [-0.05, 0) is 85.8 Å². The highest BCUT2D eigenvalue weighted by Gasteiger charge is 2.23. The molecule has 6 aromatic carbocycles. The first kappa shape index (κ1) is 24.3. The monoisotopic (exact) mass is 539 g/mol. The summed E-state index contributed by atoms with van der Waals surface area (Å²) < 4.78 is 4.87. The number of hydrogen-bond acceptors (Lipinski definition) is 1. The quantitative estimate of drug-likeness (QED) is 0.212. The number of para-hydroxylation sites is 4. The van der Waals surface area contributed by atoms with E-state index >= 15 is 0 Å². The molecule has 8 aromatic rings. The van der Waals surface area contributed by atoms with Crippen molar-refractivity contribution in [2.24, 2.45) is 0 Å². The summed E-state index contributed by atoms with van der Waals surface area (Å²) in [6.45, 7) is 2.18. The van der Waals surface area contributed by atoms with E-state index in [-0.39, 0.29) is 0 Å². The maximum absolute atomic E-state index is 2.44. The molecule has 0 radical (unpaired) electrons. The minimum absolute atomic E-state index is 1.12. The van der Waals surface area contributed by atoms with Gasteiger partial charge in [-0.2, -0.15) is 0 Å². The normalized spacial score (nSPS) is 11.5. The number of fused-ring (bicyclic) bond motifs is 5. The van der Waals surface area contributed by atoms with Crippen LogP contribution in [0.3, 0.4) is 0 Å². The van der Waals surface area contributed by atoms with Crippen LogP contribution in [0.25, 0.3) is 44.2 Å². The molecular formula is C39H29N3. The molecule has 200 valence electrons. The van der Waals surface area contributed by atoms with Crippen LogP contribution in [0.5, 0.6) is 0 Å². The zero-order valence-electron chi connectivity index (χ0n) is 23.4. The number of rotatable bonds is 5. The van der Waals surface area contributed by atoms with Gasteiger partial charge in [0, 0.05) is 39.2 Å². The fourth-order valence-electron chi connectivity index (χ4n) is 6.32.